The number of benzene rings is 1. The number of allylic oxidation sites excluding steroid dienone is 1. The Labute approximate surface area is 115 Å². The van der Waals surface area contributed by atoms with Gasteiger partial charge in [0.1, 0.15) is 0 Å². The maximum Gasteiger partial charge on any atom is 0.416 e. The highest BCUT2D eigenvalue weighted by Gasteiger charge is 2.31. The lowest BCUT2D eigenvalue weighted by Gasteiger charge is -2.24. The molecule has 0 radical (unpaired) electrons. The average Bonchev–Trinajstić information content (AvgIpc) is 2.24. The van der Waals surface area contributed by atoms with Crippen LogP contribution in [0.2, 0.25) is 0 Å². The third-order valence-corrected chi connectivity index (χ3v) is 4.08. The third kappa shape index (κ3) is 3.54. The zero-order chi connectivity index (χ0) is 14.0. The summed E-state index contributed by atoms with van der Waals surface area (Å²) in [5, 5.41) is 0. The van der Waals surface area contributed by atoms with E-state index >= 15 is 0 Å². The molecule has 0 spiro atoms. The summed E-state index contributed by atoms with van der Waals surface area (Å²) < 4.78 is 40.2. The fourth-order valence-corrected chi connectivity index (χ4v) is 2.85. The Morgan fingerprint density at radius 3 is 2.37 bits per heavy atom. The van der Waals surface area contributed by atoms with E-state index in [-0.39, 0.29) is 0 Å². The van der Waals surface area contributed by atoms with Crippen molar-refractivity contribution in [3.8, 4) is 0 Å². The molecule has 0 atom stereocenters. The predicted molar refractivity (Wildman–Crippen MR) is 73.5 cm³/mol. The van der Waals surface area contributed by atoms with Gasteiger partial charge in [-0.15, -0.1) is 0 Å². The molecule has 0 aromatic heterocycles. The minimum atomic E-state index is -4.28. The Morgan fingerprint density at radius 1 is 1.21 bits per heavy atom. The topological polar surface area (TPSA) is 3.24 Å². The van der Waals surface area contributed by atoms with Crippen molar-refractivity contribution < 1.29 is 13.2 Å². The van der Waals surface area contributed by atoms with E-state index in [1.54, 1.807) is 6.07 Å². The van der Waals surface area contributed by atoms with E-state index in [1.165, 1.54) is 29.7 Å². The third-order valence-electron chi connectivity index (χ3n) is 3.00. The first-order chi connectivity index (χ1) is 8.88. The summed E-state index contributed by atoms with van der Waals surface area (Å²) in [5.74, 6) is 0. The first-order valence-electron chi connectivity index (χ1n) is 6.13. The zero-order valence-corrected chi connectivity index (χ0v) is 11.7. The second-order valence-electron chi connectivity index (χ2n) is 4.77. The van der Waals surface area contributed by atoms with Gasteiger partial charge < -0.3 is 0 Å². The molecule has 1 fully saturated rings. The van der Waals surface area contributed by atoms with Crippen molar-refractivity contribution >= 4 is 16.9 Å². The summed E-state index contributed by atoms with van der Waals surface area (Å²) in [5.41, 5.74) is 1.35. The van der Waals surface area contributed by atoms with Crippen LogP contribution in [-0.4, -0.2) is 18.4 Å². The van der Waals surface area contributed by atoms with Crippen LogP contribution in [0.25, 0.3) is 4.91 Å². The van der Waals surface area contributed by atoms with E-state index in [2.05, 4.69) is 0 Å². The van der Waals surface area contributed by atoms with Crippen molar-refractivity contribution in [2.24, 2.45) is 0 Å². The second-order valence-corrected chi connectivity index (χ2v) is 6.09. The molecule has 0 unspecified atom stereocenters. The minimum absolute atomic E-state index is 0.582. The summed E-state index contributed by atoms with van der Waals surface area (Å²) in [7, 11) is 3.80. The number of halogens is 3. The smallest absolute Gasteiger partial charge is 0.253 e. The standard InChI is InChI=1S/C14H16F3NS/c1-18(2)19-13(10-5-3-6-10)11-7-4-8-12(9-11)14(15,16)17/h4,7-9H,3,5-6H2,1-2H3. The highest BCUT2D eigenvalue weighted by atomic mass is 32.2. The molecule has 104 valence electrons. The monoisotopic (exact) mass is 287 g/mol. The molecule has 2 rings (SSSR count). The van der Waals surface area contributed by atoms with Gasteiger partial charge in [-0.3, -0.25) is 4.31 Å². The molecule has 1 nitrogen and oxygen atoms in total. The number of nitrogens with zero attached hydrogens (tertiary/aromatic N) is 1. The van der Waals surface area contributed by atoms with Gasteiger partial charge in [0, 0.05) is 4.91 Å². The van der Waals surface area contributed by atoms with Crippen molar-refractivity contribution in [3.05, 3.63) is 41.0 Å². The molecule has 5 heteroatoms. The lowest BCUT2D eigenvalue weighted by atomic mass is 9.90. The zero-order valence-electron chi connectivity index (χ0n) is 10.9. The number of rotatable bonds is 3. The number of hydrogen-bond donors (Lipinski definition) is 0. The van der Waals surface area contributed by atoms with Crippen molar-refractivity contribution in [2.75, 3.05) is 14.1 Å². The molecule has 0 N–H and O–H groups in total. The molecule has 0 saturated heterocycles. The minimum Gasteiger partial charge on any atom is -0.253 e. The van der Waals surface area contributed by atoms with Gasteiger partial charge in [-0.25, -0.2) is 0 Å². The number of hydrogen-bond acceptors (Lipinski definition) is 2. The molecular formula is C14H16F3NS. The van der Waals surface area contributed by atoms with Crippen molar-refractivity contribution in [1.82, 2.24) is 4.31 Å². The van der Waals surface area contributed by atoms with Gasteiger partial charge >= 0.3 is 6.18 Å². The summed E-state index contributed by atoms with van der Waals surface area (Å²) in [6, 6.07) is 5.60. The molecule has 0 aliphatic heterocycles. The Balaban J connectivity index is 2.38. The van der Waals surface area contributed by atoms with Crippen molar-refractivity contribution in [3.63, 3.8) is 0 Å². The predicted octanol–water partition coefficient (Wildman–Crippen LogP) is 4.81. The molecular weight excluding hydrogens is 271 g/mol. The lowest BCUT2D eigenvalue weighted by Crippen LogP contribution is -2.08. The van der Waals surface area contributed by atoms with Crippen LogP contribution in [0.1, 0.15) is 30.4 Å². The van der Waals surface area contributed by atoms with Gasteiger partial charge in [0.15, 0.2) is 0 Å². The largest absolute Gasteiger partial charge is 0.416 e. The molecule has 0 heterocycles. The maximum absolute atomic E-state index is 12.8. The Kier molecular flexibility index (Phi) is 4.26. The first kappa shape index (κ1) is 14.5. The quantitative estimate of drug-likeness (QED) is 0.734. The van der Waals surface area contributed by atoms with Crippen LogP contribution in [0.3, 0.4) is 0 Å². The van der Waals surface area contributed by atoms with Crippen LogP contribution < -0.4 is 0 Å². The molecule has 1 aliphatic carbocycles. The van der Waals surface area contributed by atoms with Crippen molar-refractivity contribution in [2.45, 2.75) is 25.4 Å². The average molecular weight is 287 g/mol. The second kappa shape index (κ2) is 5.59. The van der Waals surface area contributed by atoms with E-state index in [0.717, 1.165) is 30.2 Å². The van der Waals surface area contributed by atoms with Gasteiger partial charge in [0.25, 0.3) is 0 Å². The molecule has 0 bridgehead atoms. The molecule has 19 heavy (non-hydrogen) atoms. The van der Waals surface area contributed by atoms with Crippen LogP contribution in [0.5, 0.6) is 0 Å². The molecule has 1 aliphatic rings. The number of alkyl halides is 3. The SMILES string of the molecule is CN(C)SC(=C1CCC1)c1cccc(C(F)(F)F)c1. The van der Waals surface area contributed by atoms with Gasteiger partial charge in [0.2, 0.25) is 0 Å². The van der Waals surface area contributed by atoms with Crippen LogP contribution in [-0.2, 0) is 6.18 Å². The van der Waals surface area contributed by atoms with E-state index < -0.39 is 11.7 Å². The Hall–Kier alpha value is -0.940. The highest BCUT2D eigenvalue weighted by Crippen LogP contribution is 2.41. The van der Waals surface area contributed by atoms with E-state index in [1.807, 2.05) is 18.4 Å². The Bertz CT molecular complexity index is 486. The summed E-state index contributed by atoms with van der Waals surface area (Å²) in [6.45, 7) is 0. The summed E-state index contributed by atoms with van der Waals surface area (Å²) >= 11 is 1.50. The van der Waals surface area contributed by atoms with Gasteiger partial charge in [-0.2, -0.15) is 13.2 Å². The molecule has 1 aromatic carbocycles. The Morgan fingerprint density at radius 2 is 1.89 bits per heavy atom. The van der Waals surface area contributed by atoms with E-state index in [0.29, 0.717) is 5.56 Å². The van der Waals surface area contributed by atoms with Crippen LogP contribution in [0.4, 0.5) is 13.2 Å². The first-order valence-corrected chi connectivity index (χ1v) is 6.90. The normalized spacial score (nSPS) is 15.6. The van der Waals surface area contributed by atoms with Crippen molar-refractivity contribution in [1.29, 1.82) is 0 Å². The molecule has 1 saturated carbocycles. The fraction of sp³-hybridized carbons (Fsp3) is 0.429. The highest BCUT2D eigenvalue weighted by molar-refractivity contribution is 8.06. The van der Waals surface area contributed by atoms with Gasteiger partial charge in [-0.05, 0) is 63.0 Å². The molecule has 0 amide bonds. The summed E-state index contributed by atoms with van der Waals surface area (Å²) in [6.07, 6.45) is -1.17. The fourth-order valence-electron chi connectivity index (χ4n) is 1.92. The van der Waals surface area contributed by atoms with E-state index in [9.17, 15) is 13.2 Å². The maximum atomic E-state index is 12.8. The van der Waals surface area contributed by atoms with Crippen LogP contribution >= 0.6 is 11.9 Å². The van der Waals surface area contributed by atoms with Crippen LogP contribution in [0, 0.1) is 0 Å². The summed E-state index contributed by atoms with van der Waals surface area (Å²) in [4.78, 5) is 0.974. The van der Waals surface area contributed by atoms with E-state index in [4.69, 9.17) is 0 Å². The van der Waals surface area contributed by atoms with Crippen LogP contribution in [0.15, 0.2) is 29.8 Å². The van der Waals surface area contributed by atoms with Gasteiger partial charge in [-0.1, -0.05) is 17.7 Å². The molecule has 1 aromatic rings. The van der Waals surface area contributed by atoms with Gasteiger partial charge in [0.05, 0.1) is 5.56 Å². The lowest BCUT2D eigenvalue weighted by molar-refractivity contribution is -0.137.